The lowest BCUT2D eigenvalue weighted by molar-refractivity contribution is -0.698. The van der Waals surface area contributed by atoms with E-state index in [1.807, 2.05) is 85.2 Å². The van der Waals surface area contributed by atoms with Crippen LogP contribution in [0.15, 0.2) is 94.5 Å². The Morgan fingerprint density at radius 3 is 2.30 bits per heavy atom. The van der Waals surface area contributed by atoms with E-state index in [0.29, 0.717) is 22.8 Å². The Kier molecular flexibility index (Phi) is 4.90. The summed E-state index contributed by atoms with van der Waals surface area (Å²) in [6.07, 6.45) is 3.97. The number of pyridine rings is 1. The highest BCUT2D eigenvalue weighted by Crippen LogP contribution is 2.31. The number of benzene rings is 2. The molecule has 4 rings (SSSR count). The van der Waals surface area contributed by atoms with Crippen molar-refractivity contribution in [1.82, 2.24) is 5.16 Å². The van der Waals surface area contributed by atoms with Gasteiger partial charge in [-0.3, -0.25) is 0 Å². The van der Waals surface area contributed by atoms with Gasteiger partial charge < -0.3 is 4.52 Å². The average molecular weight is 378 g/mol. The van der Waals surface area contributed by atoms with Crippen LogP contribution in [0, 0.1) is 0 Å². The number of H-pyrrole nitrogens is 1. The van der Waals surface area contributed by atoms with E-state index in [0.717, 1.165) is 11.1 Å². The van der Waals surface area contributed by atoms with Gasteiger partial charge in [0.2, 0.25) is 0 Å². The molecule has 0 aliphatic heterocycles. The molecule has 134 valence electrons. The van der Waals surface area contributed by atoms with Gasteiger partial charge in [0.05, 0.1) is 17.2 Å². The first-order valence-corrected chi connectivity index (χ1v) is 9.06. The molecule has 2 aromatic carbocycles. The van der Waals surface area contributed by atoms with Crippen LogP contribution in [0.25, 0.3) is 11.3 Å². The van der Waals surface area contributed by atoms with E-state index < -0.39 is 0 Å². The molecule has 0 fully saturated rings. The van der Waals surface area contributed by atoms with E-state index in [1.54, 1.807) is 0 Å². The second-order valence-corrected chi connectivity index (χ2v) is 6.76. The van der Waals surface area contributed by atoms with E-state index >= 15 is 0 Å². The van der Waals surface area contributed by atoms with E-state index in [-0.39, 0.29) is 11.5 Å². The van der Waals surface area contributed by atoms with Crippen LogP contribution in [-0.2, 0) is 6.54 Å². The van der Waals surface area contributed by atoms with Gasteiger partial charge in [-0.1, -0.05) is 60.1 Å². The Balaban J connectivity index is 1.85. The predicted molar refractivity (Wildman–Crippen MR) is 105 cm³/mol. The Morgan fingerprint density at radius 1 is 0.926 bits per heavy atom. The Morgan fingerprint density at radius 2 is 1.59 bits per heavy atom. The summed E-state index contributed by atoms with van der Waals surface area (Å²) in [4.78, 5) is 12.7. The van der Waals surface area contributed by atoms with Gasteiger partial charge in [0, 0.05) is 22.7 Å². The van der Waals surface area contributed by atoms with Crippen LogP contribution in [0.5, 0.6) is 0 Å². The lowest BCUT2D eigenvalue weighted by Crippen LogP contribution is -2.37. The van der Waals surface area contributed by atoms with Gasteiger partial charge in [-0.15, -0.1) is 0 Å². The van der Waals surface area contributed by atoms with E-state index in [9.17, 15) is 4.79 Å². The first-order valence-electron chi connectivity index (χ1n) is 8.68. The maximum Gasteiger partial charge on any atom is 0.361 e. The van der Waals surface area contributed by atoms with Crippen molar-refractivity contribution in [1.29, 1.82) is 0 Å². The number of nitrogens with one attached hydrogen (secondary N) is 1. The van der Waals surface area contributed by atoms with Crippen molar-refractivity contribution in [2.24, 2.45) is 0 Å². The van der Waals surface area contributed by atoms with Crippen molar-refractivity contribution in [2.75, 3.05) is 0 Å². The minimum atomic E-state index is -0.356. The van der Waals surface area contributed by atoms with E-state index in [1.165, 1.54) is 0 Å². The molecule has 27 heavy (non-hydrogen) atoms. The fourth-order valence-electron chi connectivity index (χ4n) is 3.27. The number of rotatable bonds is 5. The van der Waals surface area contributed by atoms with Crippen LogP contribution in [0.4, 0.5) is 0 Å². The third kappa shape index (κ3) is 3.71. The highest BCUT2D eigenvalue weighted by atomic mass is 35.5. The van der Waals surface area contributed by atoms with Crippen molar-refractivity contribution >= 4 is 11.6 Å². The number of halogens is 1. The lowest BCUT2D eigenvalue weighted by Gasteiger charge is -2.14. The fourth-order valence-corrected chi connectivity index (χ4v) is 3.40. The monoisotopic (exact) mass is 377 g/mol. The second kappa shape index (κ2) is 7.64. The molecule has 4 aromatic rings. The quantitative estimate of drug-likeness (QED) is 0.524. The molecule has 0 amide bonds. The Hall–Kier alpha value is -3.11. The van der Waals surface area contributed by atoms with Crippen molar-refractivity contribution in [3.63, 3.8) is 0 Å². The molecule has 2 heterocycles. The molecule has 0 aliphatic carbocycles. The van der Waals surface area contributed by atoms with Gasteiger partial charge in [-0.05, 0) is 17.7 Å². The largest absolute Gasteiger partial charge is 0.361 e. The molecule has 0 aliphatic rings. The third-order valence-electron chi connectivity index (χ3n) is 4.59. The van der Waals surface area contributed by atoms with E-state index in [2.05, 4.69) is 9.72 Å². The van der Waals surface area contributed by atoms with Crippen LogP contribution in [0.3, 0.4) is 0 Å². The fraction of sp³-hybridized carbons (Fsp3) is 0.0909. The van der Waals surface area contributed by atoms with Crippen molar-refractivity contribution in [3.8, 4) is 11.3 Å². The summed E-state index contributed by atoms with van der Waals surface area (Å²) in [6, 6.07) is 23.2. The average Bonchev–Trinajstić information content (AvgIpc) is 3.10. The molecule has 0 saturated carbocycles. The van der Waals surface area contributed by atoms with Crippen LogP contribution < -0.4 is 10.2 Å². The maximum atomic E-state index is 12.7. The first kappa shape index (κ1) is 17.3. The van der Waals surface area contributed by atoms with Gasteiger partial charge in [0.25, 0.3) is 0 Å². The first-order chi connectivity index (χ1) is 13.2. The molecule has 0 radical (unpaired) electrons. The summed E-state index contributed by atoms with van der Waals surface area (Å²) < 4.78 is 7.25. The SMILES string of the molecule is O=c1o[nH]c(-c2ccccc2)c1C(C[n+]1ccccc1)c1ccc(Cl)cc1. The lowest BCUT2D eigenvalue weighted by atomic mass is 9.89. The zero-order valence-corrected chi connectivity index (χ0v) is 15.3. The molecule has 2 aromatic heterocycles. The molecule has 1 unspecified atom stereocenters. The van der Waals surface area contributed by atoms with Crippen LogP contribution in [0.2, 0.25) is 5.02 Å². The summed E-state index contributed by atoms with van der Waals surface area (Å²) in [7, 11) is 0. The molecule has 0 saturated heterocycles. The highest BCUT2D eigenvalue weighted by molar-refractivity contribution is 6.30. The van der Waals surface area contributed by atoms with Gasteiger partial charge in [-0.25, -0.2) is 14.5 Å². The predicted octanol–water partition coefficient (Wildman–Crippen LogP) is 4.41. The van der Waals surface area contributed by atoms with Crippen LogP contribution >= 0.6 is 11.6 Å². The van der Waals surface area contributed by atoms with Crippen molar-refractivity contribution in [3.05, 3.63) is 112 Å². The number of aromatic amines is 1. The third-order valence-corrected chi connectivity index (χ3v) is 4.84. The van der Waals surface area contributed by atoms with Crippen molar-refractivity contribution < 1.29 is 9.09 Å². The number of nitrogens with zero attached hydrogens (tertiary/aromatic N) is 1. The van der Waals surface area contributed by atoms with Gasteiger partial charge in [-0.2, -0.15) is 0 Å². The molecule has 5 heteroatoms. The molecule has 1 N–H and O–H groups in total. The van der Waals surface area contributed by atoms with Crippen molar-refractivity contribution in [2.45, 2.75) is 12.5 Å². The smallest absolute Gasteiger partial charge is 0.338 e. The van der Waals surface area contributed by atoms with Gasteiger partial charge >= 0.3 is 5.63 Å². The number of hydrogen-bond donors (Lipinski definition) is 1. The number of hydrogen-bond acceptors (Lipinski definition) is 2. The minimum Gasteiger partial charge on any atom is -0.338 e. The molecule has 0 spiro atoms. The summed E-state index contributed by atoms with van der Waals surface area (Å²) in [5.74, 6) is -0.188. The van der Waals surface area contributed by atoms with E-state index in [4.69, 9.17) is 16.1 Å². The zero-order valence-electron chi connectivity index (χ0n) is 14.5. The molecule has 0 bridgehead atoms. The maximum absolute atomic E-state index is 12.7. The summed E-state index contributed by atoms with van der Waals surface area (Å²) in [5, 5.41) is 3.48. The summed E-state index contributed by atoms with van der Waals surface area (Å²) >= 11 is 6.07. The Labute approximate surface area is 161 Å². The molecule has 4 nitrogen and oxygen atoms in total. The zero-order chi connectivity index (χ0) is 18.6. The van der Waals surface area contributed by atoms with Gasteiger partial charge in [0.15, 0.2) is 18.9 Å². The number of aromatic nitrogens is 2. The highest BCUT2D eigenvalue weighted by Gasteiger charge is 2.28. The molecular formula is C22H18ClN2O2+. The standard InChI is InChI=1S/C22H17ClN2O2/c23-18-11-9-16(10-12-18)19(15-25-13-5-2-6-14-25)20-21(24-27-22(20)26)17-7-3-1-4-8-17/h1-14,19H,15H2/p+1. The van der Waals surface area contributed by atoms with Crippen LogP contribution in [0.1, 0.15) is 17.0 Å². The summed E-state index contributed by atoms with van der Waals surface area (Å²) in [5.41, 5.74) is 2.87. The Bertz CT molecular complexity index is 1070. The molecule has 1 atom stereocenters. The minimum absolute atomic E-state index is 0.188. The topological polar surface area (TPSA) is 49.9 Å². The normalized spacial score (nSPS) is 12.0. The van der Waals surface area contributed by atoms with Gasteiger partial charge in [0.1, 0.15) is 0 Å². The molecular weight excluding hydrogens is 360 g/mol. The summed E-state index contributed by atoms with van der Waals surface area (Å²) in [6.45, 7) is 0.602. The van der Waals surface area contributed by atoms with Crippen LogP contribution in [-0.4, -0.2) is 5.16 Å². The second-order valence-electron chi connectivity index (χ2n) is 6.32.